The van der Waals surface area contributed by atoms with Gasteiger partial charge in [-0.15, -0.1) is 0 Å². The van der Waals surface area contributed by atoms with Crippen molar-refractivity contribution in [3.8, 4) is 45.1 Å². The van der Waals surface area contributed by atoms with E-state index in [4.69, 9.17) is 0 Å². The first-order valence-corrected chi connectivity index (χ1v) is 13.9. The van der Waals surface area contributed by atoms with Gasteiger partial charge in [-0.25, -0.2) is 0 Å². The van der Waals surface area contributed by atoms with Crippen molar-refractivity contribution >= 4 is 21.8 Å². The van der Waals surface area contributed by atoms with Crippen molar-refractivity contribution in [3.05, 3.63) is 150 Å². The number of aryl methyl sites for hydroxylation is 2. The maximum Gasteiger partial charge on any atom is 0.0998 e. The van der Waals surface area contributed by atoms with Crippen molar-refractivity contribution in [1.29, 1.82) is 5.26 Å². The fourth-order valence-electron chi connectivity index (χ4n) is 6.07. The summed E-state index contributed by atoms with van der Waals surface area (Å²) in [5.74, 6) is 0. The first-order valence-electron chi connectivity index (χ1n) is 13.9. The van der Waals surface area contributed by atoms with E-state index in [1.165, 1.54) is 32.9 Å². The van der Waals surface area contributed by atoms with E-state index >= 15 is 0 Å². The summed E-state index contributed by atoms with van der Waals surface area (Å²) in [6.45, 7) is 4.31. The summed E-state index contributed by atoms with van der Waals surface area (Å²) in [6.07, 6.45) is 0. The van der Waals surface area contributed by atoms with E-state index < -0.39 is 0 Å². The Morgan fingerprint density at radius 2 is 1.10 bits per heavy atom. The molecule has 0 N–H and O–H groups in total. The number of hydrogen-bond acceptors (Lipinski definition) is 1. The molecule has 0 fully saturated rings. The van der Waals surface area contributed by atoms with E-state index in [2.05, 4.69) is 128 Å². The Hall–Kier alpha value is -5.39. The third-order valence-corrected chi connectivity index (χ3v) is 7.98. The lowest BCUT2D eigenvalue weighted by atomic mass is 9.87. The van der Waals surface area contributed by atoms with Gasteiger partial charge >= 0.3 is 0 Å². The molecule has 0 amide bonds. The van der Waals surface area contributed by atoms with Crippen LogP contribution in [0.25, 0.3) is 60.9 Å². The average Bonchev–Trinajstić information content (AvgIpc) is 3.33. The van der Waals surface area contributed by atoms with E-state index in [0.717, 1.165) is 39.1 Å². The van der Waals surface area contributed by atoms with Gasteiger partial charge in [-0.1, -0.05) is 102 Å². The summed E-state index contributed by atoms with van der Waals surface area (Å²) in [5, 5.41) is 12.5. The van der Waals surface area contributed by atoms with Crippen molar-refractivity contribution in [2.24, 2.45) is 0 Å². The second-order valence-electron chi connectivity index (χ2n) is 10.7. The maximum absolute atomic E-state index is 9.99. The fourth-order valence-corrected chi connectivity index (χ4v) is 6.07. The van der Waals surface area contributed by atoms with Crippen LogP contribution in [-0.4, -0.2) is 4.57 Å². The molecule has 1 aromatic heterocycles. The molecule has 0 radical (unpaired) electrons. The second kappa shape index (κ2) is 9.97. The van der Waals surface area contributed by atoms with Crippen molar-refractivity contribution in [2.45, 2.75) is 13.8 Å². The highest BCUT2D eigenvalue weighted by Crippen LogP contribution is 2.40. The second-order valence-corrected chi connectivity index (χ2v) is 10.7. The maximum atomic E-state index is 9.99. The van der Waals surface area contributed by atoms with Gasteiger partial charge in [0, 0.05) is 22.0 Å². The minimum absolute atomic E-state index is 0.677. The lowest BCUT2D eigenvalue weighted by Gasteiger charge is -2.16. The zero-order chi connectivity index (χ0) is 27.9. The van der Waals surface area contributed by atoms with Crippen LogP contribution < -0.4 is 0 Å². The molecule has 0 spiro atoms. The van der Waals surface area contributed by atoms with Gasteiger partial charge in [0.25, 0.3) is 0 Å². The molecule has 2 nitrogen and oxygen atoms in total. The number of hydrogen-bond donors (Lipinski definition) is 0. The summed E-state index contributed by atoms with van der Waals surface area (Å²) >= 11 is 0. The standard InChI is InChI=1S/C39H28N2/c1-26-15-21-37-35(23-26)36-24-27(2)16-22-38(36)41(37)31-19-17-28(18-20-31)32-12-6-7-13-33(32)34-14-8-11-30(25-40)39(34)29-9-4-3-5-10-29/h3-24H,1-2H3. The van der Waals surface area contributed by atoms with E-state index in [-0.39, 0.29) is 0 Å². The molecule has 0 bridgehead atoms. The quantitative estimate of drug-likeness (QED) is 0.225. The molecule has 0 aliphatic heterocycles. The minimum Gasteiger partial charge on any atom is -0.309 e. The highest BCUT2D eigenvalue weighted by atomic mass is 15.0. The topological polar surface area (TPSA) is 28.7 Å². The Morgan fingerprint density at radius 1 is 0.512 bits per heavy atom. The third kappa shape index (κ3) is 4.20. The summed E-state index contributed by atoms with van der Waals surface area (Å²) in [5.41, 5.74) is 13.2. The van der Waals surface area contributed by atoms with Gasteiger partial charge in [0.1, 0.15) is 0 Å². The molecule has 0 unspecified atom stereocenters. The molecule has 194 valence electrons. The molecule has 6 aromatic carbocycles. The van der Waals surface area contributed by atoms with E-state index in [1.807, 2.05) is 30.3 Å². The number of benzene rings is 6. The molecule has 0 aliphatic rings. The zero-order valence-corrected chi connectivity index (χ0v) is 23.1. The summed E-state index contributed by atoms with van der Waals surface area (Å²) in [4.78, 5) is 0. The molecule has 1 heterocycles. The molecule has 0 saturated heterocycles. The van der Waals surface area contributed by atoms with Crippen LogP contribution in [0.4, 0.5) is 0 Å². The predicted octanol–water partition coefficient (Wildman–Crippen LogP) is 10.3. The molecule has 41 heavy (non-hydrogen) atoms. The van der Waals surface area contributed by atoms with Crippen molar-refractivity contribution in [1.82, 2.24) is 4.57 Å². The van der Waals surface area contributed by atoms with Gasteiger partial charge in [0.2, 0.25) is 0 Å². The Labute approximate surface area is 240 Å². The highest BCUT2D eigenvalue weighted by Gasteiger charge is 2.17. The molecule has 0 atom stereocenters. The fraction of sp³-hybridized carbons (Fsp3) is 0.0513. The minimum atomic E-state index is 0.677. The normalized spacial score (nSPS) is 11.1. The molecule has 0 aliphatic carbocycles. The van der Waals surface area contributed by atoms with Crippen LogP contribution in [0.3, 0.4) is 0 Å². The monoisotopic (exact) mass is 524 g/mol. The van der Waals surface area contributed by atoms with Crippen LogP contribution in [0.15, 0.2) is 133 Å². The molecular formula is C39H28N2. The number of nitrogens with zero attached hydrogens (tertiary/aromatic N) is 2. The Morgan fingerprint density at radius 3 is 1.73 bits per heavy atom. The van der Waals surface area contributed by atoms with Gasteiger partial charge in [0.15, 0.2) is 0 Å². The van der Waals surface area contributed by atoms with Crippen LogP contribution in [0, 0.1) is 25.2 Å². The van der Waals surface area contributed by atoms with Crippen LogP contribution in [-0.2, 0) is 0 Å². The van der Waals surface area contributed by atoms with Crippen molar-refractivity contribution < 1.29 is 0 Å². The van der Waals surface area contributed by atoms with Gasteiger partial charge < -0.3 is 4.57 Å². The predicted molar refractivity (Wildman–Crippen MR) is 171 cm³/mol. The summed E-state index contributed by atoms with van der Waals surface area (Å²) < 4.78 is 2.36. The van der Waals surface area contributed by atoms with Gasteiger partial charge in [-0.05, 0) is 84.1 Å². The molecule has 0 saturated carbocycles. The van der Waals surface area contributed by atoms with E-state index in [1.54, 1.807) is 0 Å². The molecule has 2 heteroatoms. The number of rotatable bonds is 4. The molecular weight excluding hydrogens is 496 g/mol. The Balaban J connectivity index is 1.38. The van der Waals surface area contributed by atoms with Crippen molar-refractivity contribution in [2.75, 3.05) is 0 Å². The summed E-state index contributed by atoms with van der Waals surface area (Å²) in [6, 6.07) is 49.4. The summed E-state index contributed by atoms with van der Waals surface area (Å²) in [7, 11) is 0. The smallest absolute Gasteiger partial charge is 0.0998 e. The zero-order valence-electron chi connectivity index (χ0n) is 23.1. The molecule has 7 rings (SSSR count). The first-order chi connectivity index (χ1) is 20.1. The van der Waals surface area contributed by atoms with Crippen LogP contribution in [0.5, 0.6) is 0 Å². The Bertz CT molecular complexity index is 2050. The number of fused-ring (bicyclic) bond motifs is 3. The van der Waals surface area contributed by atoms with Gasteiger partial charge in [0.05, 0.1) is 22.7 Å². The van der Waals surface area contributed by atoms with Crippen LogP contribution >= 0.6 is 0 Å². The third-order valence-electron chi connectivity index (χ3n) is 7.98. The lowest BCUT2D eigenvalue weighted by molar-refractivity contribution is 1.18. The van der Waals surface area contributed by atoms with E-state index in [9.17, 15) is 5.26 Å². The van der Waals surface area contributed by atoms with Crippen molar-refractivity contribution in [3.63, 3.8) is 0 Å². The van der Waals surface area contributed by atoms with E-state index in [0.29, 0.717) is 5.56 Å². The first kappa shape index (κ1) is 24.6. The van der Waals surface area contributed by atoms with Crippen LogP contribution in [0.1, 0.15) is 16.7 Å². The SMILES string of the molecule is Cc1ccc2c(c1)c1cc(C)ccc1n2-c1ccc(-c2ccccc2-c2cccc(C#N)c2-c2ccccc2)cc1. The average molecular weight is 525 g/mol. The largest absolute Gasteiger partial charge is 0.309 e. The van der Waals surface area contributed by atoms with Crippen LogP contribution in [0.2, 0.25) is 0 Å². The van der Waals surface area contributed by atoms with Gasteiger partial charge in [-0.3, -0.25) is 0 Å². The number of aromatic nitrogens is 1. The number of nitriles is 1. The molecule has 7 aromatic rings. The Kier molecular flexibility index (Phi) is 5.99. The highest BCUT2D eigenvalue weighted by molar-refractivity contribution is 6.09. The lowest BCUT2D eigenvalue weighted by Crippen LogP contribution is -1.95. The van der Waals surface area contributed by atoms with Gasteiger partial charge in [-0.2, -0.15) is 5.26 Å².